The first-order chi connectivity index (χ1) is 10.2. The average Bonchev–Trinajstić information content (AvgIpc) is 3.18. The number of thiophene rings is 1. The number of aryl methyl sites for hydroxylation is 1. The monoisotopic (exact) mass is 324 g/mol. The molecule has 2 aliphatic carbocycles. The summed E-state index contributed by atoms with van der Waals surface area (Å²) in [6, 6.07) is 3.15. The van der Waals surface area contributed by atoms with Gasteiger partial charge in [0.1, 0.15) is 0 Å². The van der Waals surface area contributed by atoms with Crippen LogP contribution >= 0.6 is 22.9 Å². The predicted octanol–water partition coefficient (Wildman–Crippen LogP) is 3.38. The smallest absolute Gasteiger partial charge is 0.225 e. The molecule has 1 atom stereocenters. The molecule has 1 saturated heterocycles. The fraction of sp³-hybridized carbons (Fsp3) is 0.688. The SMILES string of the molecule is O=C(C1CC1)N1CCC(NC2CCc3sc(Cl)cc32)CC1. The van der Waals surface area contributed by atoms with E-state index in [4.69, 9.17) is 11.6 Å². The van der Waals surface area contributed by atoms with E-state index in [2.05, 4.69) is 16.3 Å². The Kier molecular flexibility index (Phi) is 3.72. The molecule has 1 aromatic heterocycles. The lowest BCUT2D eigenvalue weighted by Gasteiger charge is -2.34. The first kappa shape index (κ1) is 14.0. The summed E-state index contributed by atoms with van der Waals surface area (Å²) in [5.41, 5.74) is 1.42. The van der Waals surface area contributed by atoms with E-state index in [9.17, 15) is 4.79 Å². The number of amides is 1. The van der Waals surface area contributed by atoms with Crippen molar-refractivity contribution >= 4 is 28.8 Å². The van der Waals surface area contributed by atoms with Crippen molar-refractivity contribution in [3.8, 4) is 0 Å². The van der Waals surface area contributed by atoms with Gasteiger partial charge < -0.3 is 10.2 Å². The molecule has 0 radical (unpaired) electrons. The summed E-state index contributed by atoms with van der Waals surface area (Å²) < 4.78 is 0.913. The standard InChI is InChI=1S/C16H21ClN2OS/c17-15-9-12-13(3-4-14(12)21-15)18-11-5-7-19(8-6-11)16(20)10-1-2-10/h9-11,13,18H,1-8H2. The van der Waals surface area contributed by atoms with Gasteiger partial charge in [-0.3, -0.25) is 4.79 Å². The van der Waals surface area contributed by atoms with E-state index in [0.717, 1.165) is 49.5 Å². The highest BCUT2D eigenvalue weighted by Gasteiger charge is 2.35. The number of carbonyl (C=O) groups is 1. The normalized spacial score (nSPS) is 26.1. The number of likely N-dealkylation sites (tertiary alicyclic amines) is 1. The number of nitrogens with one attached hydrogen (secondary N) is 1. The van der Waals surface area contributed by atoms with Gasteiger partial charge in [0.2, 0.25) is 5.91 Å². The maximum atomic E-state index is 12.1. The fourth-order valence-corrected chi connectivity index (χ4v) is 5.00. The van der Waals surface area contributed by atoms with Crippen molar-refractivity contribution in [1.82, 2.24) is 10.2 Å². The van der Waals surface area contributed by atoms with Gasteiger partial charge in [-0.05, 0) is 50.2 Å². The Bertz CT molecular complexity index is 546. The second-order valence-corrected chi connectivity index (χ2v) is 8.33. The van der Waals surface area contributed by atoms with Crippen LogP contribution in [0.15, 0.2) is 6.07 Å². The Hall–Kier alpha value is -0.580. The van der Waals surface area contributed by atoms with Gasteiger partial charge in [0.25, 0.3) is 0 Å². The van der Waals surface area contributed by atoms with Crippen LogP contribution in [0.4, 0.5) is 0 Å². The van der Waals surface area contributed by atoms with Crippen molar-refractivity contribution in [2.75, 3.05) is 13.1 Å². The first-order valence-corrected chi connectivity index (χ1v) is 9.23. The van der Waals surface area contributed by atoms with Gasteiger partial charge in [-0.2, -0.15) is 0 Å². The number of halogens is 1. The predicted molar refractivity (Wildman–Crippen MR) is 85.9 cm³/mol. The van der Waals surface area contributed by atoms with Crippen LogP contribution in [0.5, 0.6) is 0 Å². The summed E-state index contributed by atoms with van der Waals surface area (Å²) in [4.78, 5) is 15.6. The van der Waals surface area contributed by atoms with Crippen molar-refractivity contribution in [2.24, 2.45) is 5.92 Å². The number of carbonyl (C=O) groups excluding carboxylic acids is 1. The zero-order valence-corrected chi connectivity index (χ0v) is 13.7. The van der Waals surface area contributed by atoms with E-state index in [1.807, 2.05) is 0 Å². The lowest BCUT2D eigenvalue weighted by molar-refractivity contribution is -0.133. The number of hydrogen-bond donors (Lipinski definition) is 1. The van der Waals surface area contributed by atoms with Gasteiger partial charge in [0.05, 0.1) is 4.34 Å². The van der Waals surface area contributed by atoms with Crippen molar-refractivity contribution < 1.29 is 4.79 Å². The molecule has 3 aliphatic rings. The molecule has 1 N–H and O–H groups in total. The van der Waals surface area contributed by atoms with Crippen LogP contribution in [0.25, 0.3) is 0 Å². The number of fused-ring (bicyclic) bond motifs is 1. The van der Waals surface area contributed by atoms with Crippen LogP contribution in [-0.2, 0) is 11.2 Å². The molecule has 0 bridgehead atoms. The molecule has 0 aromatic carbocycles. The Balaban J connectivity index is 1.32. The second-order valence-electron chi connectivity index (χ2n) is 6.56. The lowest BCUT2D eigenvalue weighted by Crippen LogP contribution is -2.46. The molecule has 1 amide bonds. The van der Waals surface area contributed by atoms with E-state index in [-0.39, 0.29) is 0 Å². The van der Waals surface area contributed by atoms with E-state index in [0.29, 0.717) is 23.9 Å². The average molecular weight is 325 g/mol. The highest BCUT2D eigenvalue weighted by Crippen LogP contribution is 2.40. The highest BCUT2D eigenvalue weighted by atomic mass is 35.5. The molecule has 21 heavy (non-hydrogen) atoms. The molecule has 4 rings (SSSR count). The number of nitrogens with zero attached hydrogens (tertiary/aromatic N) is 1. The summed E-state index contributed by atoms with van der Waals surface area (Å²) >= 11 is 7.85. The molecule has 1 aromatic rings. The third-order valence-electron chi connectivity index (χ3n) is 5.02. The number of hydrogen-bond acceptors (Lipinski definition) is 3. The minimum atomic E-state index is 0.361. The number of rotatable bonds is 3. The third kappa shape index (κ3) is 2.86. The van der Waals surface area contributed by atoms with Crippen LogP contribution in [0.2, 0.25) is 4.34 Å². The van der Waals surface area contributed by atoms with Gasteiger partial charge in [-0.25, -0.2) is 0 Å². The maximum absolute atomic E-state index is 12.1. The molecular weight excluding hydrogens is 304 g/mol. The molecule has 2 heterocycles. The maximum Gasteiger partial charge on any atom is 0.225 e. The summed E-state index contributed by atoms with van der Waals surface area (Å²) in [6.45, 7) is 1.86. The zero-order chi connectivity index (χ0) is 14.4. The summed E-state index contributed by atoms with van der Waals surface area (Å²) in [5.74, 6) is 0.765. The Morgan fingerprint density at radius 3 is 2.71 bits per heavy atom. The Morgan fingerprint density at radius 1 is 1.24 bits per heavy atom. The Morgan fingerprint density at radius 2 is 2.00 bits per heavy atom. The van der Waals surface area contributed by atoms with Crippen LogP contribution in [0.1, 0.15) is 48.6 Å². The van der Waals surface area contributed by atoms with Crippen LogP contribution in [0, 0.1) is 5.92 Å². The largest absolute Gasteiger partial charge is 0.342 e. The molecule has 1 aliphatic heterocycles. The van der Waals surface area contributed by atoms with Gasteiger partial charge in [0, 0.05) is 36.0 Å². The Labute approximate surface area is 134 Å². The van der Waals surface area contributed by atoms with E-state index < -0.39 is 0 Å². The topological polar surface area (TPSA) is 32.3 Å². The van der Waals surface area contributed by atoms with E-state index in [1.165, 1.54) is 16.9 Å². The van der Waals surface area contributed by atoms with Crippen molar-refractivity contribution in [1.29, 1.82) is 0 Å². The van der Waals surface area contributed by atoms with Crippen molar-refractivity contribution in [2.45, 2.75) is 50.6 Å². The molecule has 114 valence electrons. The highest BCUT2D eigenvalue weighted by molar-refractivity contribution is 7.16. The van der Waals surface area contributed by atoms with Crippen molar-refractivity contribution in [3.05, 3.63) is 20.8 Å². The van der Waals surface area contributed by atoms with Crippen LogP contribution < -0.4 is 5.32 Å². The van der Waals surface area contributed by atoms with Crippen molar-refractivity contribution in [3.63, 3.8) is 0 Å². The molecule has 5 heteroatoms. The third-order valence-corrected chi connectivity index (χ3v) is 6.36. The van der Waals surface area contributed by atoms with E-state index >= 15 is 0 Å². The zero-order valence-electron chi connectivity index (χ0n) is 12.1. The first-order valence-electron chi connectivity index (χ1n) is 8.03. The second kappa shape index (κ2) is 5.56. The molecule has 1 unspecified atom stereocenters. The number of piperidine rings is 1. The molecule has 0 spiro atoms. The minimum Gasteiger partial charge on any atom is -0.342 e. The van der Waals surface area contributed by atoms with Gasteiger partial charge in [-0.1, -0.05) is 11.6 Å². The van der Waals surface area contributed by atoms with Crippen LogP contribution in [0.3, 0.4) is 0 Å². The van der Waals surface area contributed by atoms with Crippen LogP contribution in [-0.4, -0.2) is 29.9 Å². The molecule has 1 saturated carbocycles. The lowest BCUT2D eigenvalue weighted by atomic mass is 10.0. The van der Waals surface area contributed by atoms with Gasteiger partial charge in [-0.15, -0.1) is 11.3 Å². The summed E-state index contributed by atoms with van der Waals surface area (Å²) in [7, 11) is 0. The summed E-state index contributed by atoms with van der Waals surface area (Å²) in [6.07, 6.45) is 6.74. The quantitative estimate of drug-likeness (QED) is 0.924. The van der Waals surface area contributed by atoms with Gasteiger partial charge in [0.15, 0.2) is 0 Å². The molecular formula is C16H21ClN2OS. The van der Waals surface area contributed by atoms with Gasteiger partial charge >= 0.3 is 0 Å². The molecule has 3 nitrogen and oxygen atoms in total. The van der Waals surface area contributed by atoms with E-state index in [1.54, 1.807) is 11.3 Å². The minimum absolute atomic E-state index is 0.361. The summed E-state index contributed by atoms with van der Waals surface area (Å²) in [5, 5.41) is 3.80. The molecule has 2 fully saturated rings. The fourth-order valence-electron chi connectivity index (χ4n) is 3.64.